The van der Waals surface area contributed by atoms with E-state index in [4.69, 9.17) is 0 Å². The molecule has 1 aromatic heterocycles. The number of carbonyl (C=O) groups is 2. The van der Waals surface area contributed by atoms with Crippen LogP contribution in [0.15, 0.2) is 36.4 Å². The second-order valence-corrected chi connectivity index (χ2v) is 7.51. The first kappa shape index (κ1) is 17.3. The second kappa shape index (κ2) is 6.75. The predicted octanol–water partition coefficient (Wildman–Crippen LogP) is 3.45. The molecule has 1 aliphatic rings. The number of benzene rings is 1. The Morgan fingerprint density at radius 3 is 2.40 bits per heavy atom. The third-order valence-electron chi connectivity index (χ3n) is 4.52. The fraction of sp³-hybridized carbons (Fsp3) is 0.400. The van der Waals surface area contributed by atoms with Gasteiger partial charge in [0.2, 0.25) is 0 Å². The summed E-state index contributed by atoms with van der Waals surface area (Å²) in [5.41, 5.74) is 2.78. The lowest BCUT2D eigenvalue weighted by Gasteiger charge is -2.30. The van der Waals surface area contributed by atoms with Gasteiger partial charge in [-0.3, -0.25) is 9.59 Å². The van der Waals surface area contributed by atoms with E-state index in [2.05, 4.69) is 31.1 Å². The van der Waals surface area contributed by atoms with Crippen molar-refractivity contribution in [3.05, 3.63) is 53.3 Å². The normalized spacial score (nSPS) is 14.1. The fourth-order valence-electron chi connectivity index (χ4n) is 2.75. The molecule has 3 rings (SSSR count). The molecule has 1 fully saturated rings. The molecule has 1 amide bonds. The molecule has 1 aromatic carbocycles. The van der Waals surface area contributed by atoms with Crippen LogP contribution in [0.25, 0.3) is 0 Å². The van der Waals surface area contributed by atoms with Gasteiger partial charge >= 0.3 is 0 Å². The van der Waals surface area contributed by atoms with Crippen LogP contribution in [0.4, 0.5) is 5.69 Å². The largest absolute Gasteiger partial charge is 0.376 e. The monoisotopic (exact) mass is 339 g/mol. The topological polar surface area (TPSA) is 65.2 Å². The highest BCUT2D eigenvalue weighted by molar-refractivity contribution is 6.01. The second-order valence-electron chi connectivity index (χ2n) is 7.51. The molecule has 132 valence electrons. The zero-order valence-corrected chi connectivity index (χ0v) is 15.1. The van der Waals surface area contributed by atoms with Crippen LogP contribution >= 0.6 is 0 Å². The number of nitrogens with one attached hydrogen (secondary N) is 2. The zero-order valence-electron chi connectivity index (χ0n) is 15.1. The van der Waals surface area contributed by atoms with Gasteiger partial charge in [-0.2, -0.15) is 0 Å². The fourth-order valence-corrected chi connectivity index (χ4v) is 2.75. The summed E-state index contributed by atoms with van der Waals surface area (Å²) in [5, 5.41) is 3.16. The minimum atomic E-state index is -0.104. The molecule has 0 unspecified atom stereocenters. The molecule has 1 saturated heterocycles. The van der Waals surface area contributed by atoms with Crippen LogP contribution in [0.2, 0.25) is 0 Å². The minimum Gasteiger partial charge on any atom is -0.376 e. The van der Waals surface area contributed by atoms with Gasteiger partial charge in [0, 0.05) is 29.8 Å². The Labute approximate surface area is 148 Å². The Balaban J connectivity index is 1.80. The van der Waals surface area contributed by atoms with E-state index < -0.39 is 0 Å². The van der Waals surface area contributed by atoms with Crippen molar-refractivity contribution >= 4 is 17.4 Å². The summed E-state index contributed by atoms with van der Waals surface area (Å²) < 4.78 is 0. The number of H-pyrrole nitrogens is 1. The van der Waals surface area contributed by atoms with E-state index in [1.54, 1.807) is 12.1 Å². The Bertz CT molecular complexity index is 768. The number of amides is 1. The number of Topliss-reactive ketones (excluding diaryl/α,β-unsaturated/α-hetero) is 1. The Kier molecular flexibility index (Phi) is 4.66. The first-order valence-corrected chi connectivity index (χ1v) is 8.71. The molecule has 2 heterocycles. The van der Waals surface area contributed by atoms with E-state index in [9.17, 15) is 9.59 Å². The summed E-state index contributed by atoms with van der Waals surface area (Å²) in [4.78, 5) is 30.1. The average molecular weight is 339 g/mol. The summed E-state index contributed by atoms with van der Waals surface area (Å²) in [6.07, 6.45) is 1.05. The number of carbonyl (C=O) groups excluding carboxylic acids is 2. The van der Waals surface area contributed by atoms with Crippen LogP contribution in [0.3, 0.4) is 0 Å². The summed E-state index contributed by atoms with van der Waals surface area (Å²) in [7, 11) is 0. The number of likely N-dealkylation sites (tertiary alicyclic amines) is 1. The number of ketones is 1. The number of aromatic nitrogens is 1. The molecule has 2 N–H and O–H groups in total. The number of nitrogens with zero attached hydrogens (tertiary/aromatic N) is 1. The number of hydrogen-bond acceptors (Lipinski definition) is 3. The lowest BCUT2D eigenvalue weighted by atomic mass is 9.92. The summed E-state index contributed by atoms with van der Waals surface area (Å²) in [5.74, 6) is -0.00197. The van der Waals surface area contributed by atoms with Crippen LogP contribution in [0.1, 0.15) is 53.7 Å². The lowest BCUT2D eigenvalue weighted by Crippen LogP contribution is -2.42. The summed E-state index contributed by atoms with van der Waals surface area (Å²) >= 11 is 0. The van der Waals surface area contributed by atoms with E-state index in [1.807, 2.05) is 29.2 Å². The van der Waals surface area contributed by atoms with Gasteiger partial charge < -0.3 is 15.2 Å². The Morgan fingerprint density at radius 1 is 1.16 bits per heavy atom. The van der Waals surface area contributed by atoms with E-state index in [1.165, 1.54) is 0 Å². The number of hydrogen-bond donors (Lipinski definition) is 2. The van der Waals surface area contributed by atoms with Gasteiger partial charge in [-0.25, -0.2) is 0 Å². The maximum absolute atomic E-state index is 12.7. The van der Waals surface area contributed by atoms with Crippen LogP contribution in [0.5, 0.6) is 0 Å². The number of rotatable bonds is 5. The average Bonchev–Trinajstić information content (AvgIpc) is 2.96. The van der Waals surface area contributed by atoms with Gasteiger partial charge in [-0.15, -0.1) is 0 Å². The van der Waals surface area contributed by atoms with Crippen LogP contribution in [0, 0.1) is 0 Å². The summed E-state index contributed by atoms with van der Waals surface area (Å²) in [6.45, 7) is 8.03. The minimum absolute atomic E-state index is 0.00135. The molecule has 0 radical (unpaired) electrons. The lowest BCUT2D eigenvalue weighted by molar-refractivity contribution is 0.0647. The molecule has 0 saturated carbocycles. The van der Waals surface area contributed by atoms with Crippen molar-refractivity contribution in [3.8, 4) is 0 Å². The highest BCUT2D eigenvalue weighted by atomic mass is 16.2. The maximum atomic E-state index is 12.7. The number of aromatic amines is 1. The predicted molar refractivity (Wildman–Crippen MR) is 99.3 cm³/mol. The van der Waals surface area contributed by atoms with Crippen molar-refractivity contribution in [3.63, 3.8) is 0 Å². The van der Waals surface area contributed by atoms with Crippen molar-refractivity contribution in [1.82, 2.24) is 9.88 Å². The number of anilines is 1. The molecular formula is C20H25N3O2. The van der Waals surface area contributed by atoms with Gasteiger partial charge in [0.25, 0.3) is 5.91 Å². The molecule has 2 aromatic rings. The first-order valence-electron chi connectivity index (χ1n) is 8.71. The van der Waals surface area contributed by atoms with E-state index in [-0.39, 0.29) is 23.7 Å². The quantitative estimate of drug-likeness (QED) is 0.820. The van der Waals surface area contributed by atoms with Gasteiger partial charge in [-0.1, -0.05) is 51.1 Å². The smallest absolute Gasteiger partial charge is 0.272 e. The van der Waals surface area contributed by atoms with Crippen LogP contribution in [-0.4, -0.2) is 41.2 Å². The standard InChI is InChI=1S/C20H25N3O2/c1-20(2,3)17-12-15(18(22-17)19(25)23-10-7-11-23)21-13-16(24)14-8-5-4-6-9-14/h4-6,8-9,12,21-22H,7,10-11,13H2,1-3H3. The van der Waals surface area contributed by atoms with Crippen LogP contribution < -0.4 is 5.32 Å². The molecule has 0 bridgehead atoms. The zero-order chi connectivity index (χ0) is 18.0. The molecule has 25 heavy (non-hydrogen) atoms. The molecule has 5 heteroatoms. The van der Waals surface area contributed by atoms with Crippen molar-refractivity contribution < 1.29 is 9.59 Å². The van der Waals surface area contributed by atoms with Gasteiger partial charge in [0.05, 0.1) is 12.2 Å². The van der Waals surface area contributed by atoms with Gasteiger partial charge in [0.1, 0.15) is 5.69 Å². The first-order chi connectivity index (χ1) is 11.9. The SMILES string of the molecule is CC(C)(C)c1cc(NCC(=O)c2ccccc2)c(C(=O)N2CCC2)[nH]1. The molecule has 0 spiro atoms. The highest BCUT2D eigenvalue weighted by Gasteiger charge is 2.28. The highest BCUT2D eigenvalue weighted by Crippen LogP contribution is 2.28. The Morgan fingerprint density at radius 2 is 1.84 bits per heavy atom. The molecule has 0 aliphatic carbocycles. The Hall–Kier alpha value is -2.56. The molecule has 0 atom stereocenters. The van der Waals surface area contributed by atoms with Crippen molar-refractivity contribution in [2.45, 2.75) is 32.6 Å². The van der Waals surface area contributed by atoms with Gasteiger partial charge in [-0.05, 0) is 12.5 Å². The molecule has 1 aliphatic heterocycles. The maximum Gasteiger partial charge on any atom is 0.272 e. The third kappa shape index (κ3) is 3.76. The van der Waals surface area contributed by atoms with Crippen molar-refractivity contribution in [2.24, 2.45) is 0 Å². The van der Waals surface area contributed by atoms with Crippen molar-refractivity contribution in [2.75, 3.05) is 25.0 Å². The van der Waals surface area contributed by atoms with E-state index in [0.29, 0.717) is 16.9 Å². The van der Waals surface area contributed by atoms with E-state index in [0.717, 1.165) is 25.2 Å². The van der Waals surface area contributed by atoms with Gasteiger partial charge in [0.15, 0.2) is 5.78 Å². The molecular weight excluding hydrogens is 314 g/mol. The van der Waals surface area contributed by atoms with Crippen LogP contribution in [-0.2, 0) is 5.41 Å². The molecule has 5 nitrogen and oxygen atoms in total. The van der Waals surface area contributed by atoms with Crippen molar-refractivity contribution in [1.29, 1.82) is 0 Å². The summed E-state index contributed by atoms with van der Waals surface area (Å²) in [6, 6.07) is 11.1. The third-order valence-corrected chi connectivity index (χ3v) is 4.52. The van der Waals surface area contributed by atoms with E-state index >= 15 is 0 Å².